The van der Waals surface area contributed by atoms with Crippen molar-refractivity contribution in [1.82, 2.24) is 20.4 Å². The Hall–Kier alpha value is -2.50. The van der Waals surface area contributed by atoms with Gasteiger partial charge in [-0.3, -0.25) is 4.68 Å². The molecule has 0 bridgehead atoms. The van der Waals surface area contributed by atoms with Gasteiger partial charge < -0.3 is 15.4 Å². The number of benzene rings is 1. The topological polar surface area (TPSA) is 63.5 Å². The highest BCUT2D eigenvalue weighted by Crippen LogP contribution is 2.13. The molecule has 2 rings (SSSR count). The van der Waals surface area contributed by atoms with Crippen LogP contribution in [0, 0.1) is 0 Å². The molecule has 2 aromatic rings. The van der Waals surface area contributed by atoms with Crippen molar-refractivity contribution in [2.75, 3.05) is 20.2 Å². The van der Waals surface area contributed by atoms with Crippen LogP contribution in [-0.4, -0.2) is 35.9 Å². The van der Waals surface area contributed by atoms with Crippen LogP contribution < -0.4 is 15.4 Å². The highest BCUT2D eigenvalue weighted by Gasteiger charge is 2.01. The highest BCUT2D eigenvalue weighted by atomic mass is 16.5. The molecule has 0 radical (unpaired) electrons. The maximum atomic E-state index is 5.26. The number of aromatic nitrogens is 2. The molecule has 6 nitrogen and oxygen atoms in total. The van der Waals surface area contributed by atoms with E-state index in [1.165, 1.54) is 5.56 Å². The lowest BCUT2D eigenvalue weighted by Gasteiger charge is -2.11. The Morgan fingerprint density at radius 1 is 1.29 bits per heavy atom. The van der Waals surface area contributed by atoms with Gasteiger partial charge in [-0.15, -0.1) is 0 Å². The molecule has 0 saturated heterocycles. The molecule has 1 aromatic carbocycles. The third-order valence-electron chi connectivity index (χ3n) is 3.73. The summed E-state index contributed by atoms with van der Waals surface area (Å²) in [4.78, 5) is 4.60. The van der Waals surface area contributed by atoms with Crippen molar-refractivity contribution < 1.29 is 4.74 Å². The highest BCUT2D eigenvalue weighted by molar-refractivity contribution is 5.79. The molecule has 0 aliphatic heterocycles. The van der Waals surface area contributed by atoms with Crippen LogP contribution in [0.4, 0.5) is 0 Å². The van der Waals surface area contributed by atoms with Gasteiger partial charge in [0.15, 0.2) is 5.96 Å². The molecule has 2 N–H and O–H groups in total. The summed E-state index contributed by atoms with van der Waals surface area (Å²) in [7, 11) is 3.63. The van der Waals surface area contributed by atoms with E-state index in [0.29, 0.717) is 6.54 Å². The Morgan fingerprint density at radius 2 is 2.17 bits per heavy atom. The third-order valence-corrected chi connectivity index (χ3v) is 3.73. The van der Waals surface area contributed by atoms with Crippen LogP contribution in [-0.2, 0) is 20.0 Å². The third kappa shape index (κ3) is 5.61. The molecule has 1 aromatic heterocycles. The van der Waals surface area contributed by atoms with E-state index in [2.05, 4.69) is 39.8 Å². The summed E-state index contributed by atoms with van der Waals surface area (Å²) in [6.07, 6.45) is 3.83. The summed E-state index contributed by atoms with van der Waals surface area (Å²) in [6.45, 7) is 4.39. The fourth-order valence-electron chi connectivity index (χ4n) is 2.39. The fourth-order valence-corrected chi connectivity index (χ4v) is 2.39. The van der Waals surface area contributed by atoms with Gasteiger partial charge in [0.1, 0.15) is 5.75 Å². The normalized spacial score (nSPS) is 11.4. The zero-order chi connectivity index (χ0) is 17.2. The second kappa shape index (κ2) is 9.60. The first-order valence-corrected chi connectivity index (χ1v) is 8.35. The Labute approximate surface area is 143 Å². The van der Waals surface area contributed by atoms with Crippen LogP contribution >= 0.6 is 0 Å². The van der Waals surface area contributed by atoms with Crippen LogP contribution in [0.25, 0.3) is 0 Å². The molecule has 24 heavy (non-hydrogen) atoms. The number of hydrogen-bond donors (Lipinski definition) is 2. The van der Waals surface area contributed by atoms with Gasteiger partial charge in [0.05, 0.1) is 19.3 Å². The first-order valence-electron chi connectivity index (χ1n) is 8.35. The second-order valence-corrected chi connectivity index (χ2v) is 5.52. The van der Waals surface area contributed by atoms with Crippen LogP contribution in [0.1, 0.15) is 24.6 Å². The van der Waals surface area contributed by atoms with Gasteiger partial charge in [-0.2, -0.15) is 5.10 Å². The van der Waals surface area contributed by atoms with Crippen molar-refractivity contribution in [1.29, 1.82) is 0 Å². The van der Waals surface area contributed by atoms with Crippen molar-refractivity contribution in [2.45, 2.75) is 26.3 Å². The molecule has 1 heterocycles. The monoisotopic (exact) mass is 329 g/mol. The summed E-state index contributed by atoms with van der Waals surface area (Å²) in [6, 6.07) is 10.2. The molecule has 0 spiro atoms. The standard InChI is InChI=1S/C18H27N5O/c1-4-19-18(21-14-16-10-12-22-23(16)2)20-11-6-8-15-7-5-9-17(13-15)24-3/h5,7,9-10,12-13H,4,6,8,11,14H2,1-3H3,(H2,19,20,21). The van der Waals surface area contributed by atoms with E-state index in [0.717, 1.165) is 43.3 Å². The molecule has 0 aliphatic rings. The summed E-state index contributed by atoms with van der Waals surface area (Å²) < 4.78 is 7.10. The maximum Gasteiger partial charge on any atom is 0.191 e. The first kappa shape index (κ1) is 17.8. The number of rotatable bonds is 8. The van der Waals surface area contributed by atoms with E-state index in [-0.39, 0.29) is 0 Å². The smallest absolute Gasteiger partial charge is 0.191 e. The van der Waals surface area contributed by atoms with E-state index in [1.54, 1.807) is 13.3 Å². The number of hydrogen-bond acceptors (Lipinski definition) is 3. The molecule has 6 heteroatoms. The molecule has 0 saturated carbocycles. The molecular weight excluding hydrogens is 302 g/mol. The van der Waals surface area contributed by atoms with Crippen LogP contribution in [0.5, 0.6) is 5.75 Å². The largest absolute Gasteiger partial charge is 0.497 e. The van der Waals surface area contributed by atoms with Gasteiger partial charge in [-0.05, 0) is 43.5 Å². The Bertz CT molecular complexity index is 650. The Morgan fingerprint density at radius 3 is 2.88 bits per heavy atom. The minimum Gasteiger partial charge on any atom is -0.497 e. The minimum absolute atomic E-state index is 0.613. The van der Waals surface area contributed by atoms with Gasteiger partial charge in [0.25, 0.3) is 0 Å². The average molecular weight is 329 g/mol. The van der Waals surface area contributed by atoms with Gasteiger partial charge >= 0.3 is 0 Å². The number of methoxy groups -OCH3 is 1. The quantitative estimate of drug-likeness (QED) is 0.442. The predicted octanol–water partition coefficient (Wildman–Crippen LogP) is 2.12. The molecule has 0 atom stereocenters. The number of nitrogens with zero attached hydrogens (tertiary/aromatic N) is 3. The maximum absolute atomic E-state index is 5.26. The van der Waals surface area contributed by atoms with Crippen molar-refractivity contribution in [3.63, 3.8) is 0 Å². The predicted molar refractivity (Wildman–Crippen MR) is 97.3 cm³/mol. The molecule has 130 valence electrons. The van der Waals surface area contributed by atoms with Crippen molar-refractivity contribution in [3.05, 3.63) is 47.8 Å². The van der Waals surface area contributed by atoms with E-state index in [4.69, 9.17) is 4.74 Å². The first-order chi connectivity index (χ1) is 11.7. The van der Waals surface area contributed by atoms with Crippen LogP contribution in [0.3, 0.4) is 0 Å². The Kier molecular flexibility index (Phi) is 7.14. The fraction of sp³-hybridized carbons (Fsp3) is 0.444. The van der Waals surface area contributed by atoms with Crippen molar-refractivity contribution in [3.8, 4) is 5.75 Å². The number of aliphatic imine (C=N–C) groups is 1. The molecule has 0 fully saturated rings. The van der Waals surface area contributed by atoms with Gasteiger partial charge in [-0.25, -0.2) is 4.99 Å². The summed E-state index contributed by atoms with van der Waals surface area (Å²) >= 11 is 0. The second-order valence-electron chi connectivity index (χ2n) is 5.52. The Balaban J connectivity index is 1.79. The summed E-state index contributed by atoms with van der Waals surface area (Å²) in [5.41, 5.74) is 2.37. The summed E-state index contributed by atoms with van der Waals surface area (Å²) in [5.74, 6) is 1.75. The number of guanidine groups is 1. The van der Waals surface area contributed by atoms with Crippen LogP contribution in [0.15, 0.2) is 41.5 Å². The van der Waals surface area contributed by atoms with E-state index in [1.807, 2.05) is 29.9 Å². The zero-order valence-corrected chi connectivity index (χ0v) is 14.7. The lowest BCUT2D eigenvalue weighted by atomic mass is 10.1. The van der Waals surface area contributed by atoms with Gasteiger partial charge in [0, 0.05) is 26.3 Å². The number of nitrogens with one attached hydrogen (secondary N) is 2. The summed E-state index contributed by atoms with van der Waals surface area (Å²) in [5, 5.41) is 10.8. The number of ether oxygens (including phenoxy) is 1. The molecule has 0 amide bonds. The molecular formula is C18H27N5O. The SMILES string of the molecule is CCNC(=NCc1ccnn1C)NCCCc1cccc(OC)c1. The minimum atomic E-state index is 0.613. The molecule has 0 aliphatic carbocycles. The zero-order valence-electron chi connectivity index (χ0n) is 14.7. The lowest BCUT2D eigenvalue weighted by Crippen LogP contribution is -2.37. The van der Waals surface area contributed by atoms with Crippen LogP contribution in [0.2, 0.25) is 0 Å². The lowest BCUT2D eigenvalue weighted by molar-refractivity contribution is 0.414. The number of aryl methyl sites for hydroxylation is 2. The molecule has 0 unspecified atom stereocenters. The average Bonchev–Trinajstić information content (AvgIpc) is 3.01. The van der Waals surface area contributed by atoms with Crippen molar-refractivity contribution in [2.24, 2.45) is 12.0 Å². The van der Waals surface area contributed by atoms with Crippen molar-refractivity contribution >= 4 is 5.96 Å². The van der Waals surface area contributed by atoms with E-state index in [9.17, 15) is 0 Å². The van der Waals surface area contributed by atoms with E-state index < -0.39 is 0 Å². The van der Waals surface area contributed by atoms with Gasteiger partial charge in [0.2, 0.25) is 0 Å². The van der Waals surface area contributed by atoms with E-state index >= 15 is 0 Å². The van der Waals surface area contributed by atoms with Gasteiger partial charge in [-0.1, -0.05) is 12.1 Å².